The molecule has 2 unspecified atom stereocenters. The second kappa shape index (κ2) is 3.42. The highest BCUT2D eigenvalue weighted by molar-refractivity contribution is 14.2. The van der Waals surface area contributed by atoms with Crippen LogP contribution in [0.25, 0.3) is 0 Å². The van der Waals surface area contributed by atoms with Crippen molar-refractivity contribution in [3.05, 3.63) is 0 Å². The molecule has 1 aliphatic heterocycles. The fourth-order valence-corrected chi connectivity index (χ4v) is 2.62. The SMILES string of the molecule is C=IC1N=C(C)NC(=O)C1C. The summed E-state index contributed by atoms with van der Waals surface area (Å²) in [5.74, 6) is 0.844. The van der Waals surface area contributed by atoms with Crippen LogP contribution in [-0.2, 0) is 4.79 Å². The van der Waals surface area contributed by atoms with E-state index < -0.39 is 0 Å². The van der Waals surface area contributed by atoms with E-state index in [1.165, 1.54) is 0 Å². The standard InChI is InChI=1S/C7H11IN2O/c1-4-6(8-3)9-5(2)10-7(4)11/h4,6H,3H2,1-2H3,(H,9,10,11). The van der Waals surface area contributed by atoms with Crippen molar-refractivity contribution in [2.24, 2.45) is 10.9 Å². The van der Waals surface area contributed by atoms with E-state index in [0.717, 1.165) is 5.84 Å². The Balaban J connectivity index is 2.86. The molecular formula is C7H11IN2O. The molecule has 0 saturated carbocycles. The Morgan fingerprint density at radius 3 is 2.91 bits per heavy atom. The van der Waals surface area contributed by atoms with Gasteiger partial charge in [-0.15, -0.1) is 20.7 Å². The molecule has 0 aromatic heterocycles. The number of amides is 1. The zero-order valence-corrected chi connectivity index (χ0v) is 8.75. The highest BCUT2D eigenvalue weighted by Crippen LogP contribution is 2.21. The van der Waals surface area contributed by atoms with Crippen molar-refractivity contribution >= 4 is 37.0 Å². The summed E-state index contributed by atoms with van der Waals surface area (Å²) in [7, 11) is 0. The lowest BCUT2D eigenvalue weighted by atomic mass is 10.1. The van der Waals surface area contributed by atoms with Crippen LogP contribution in [0.3, 0.4) is 0 Å². The van der Waals surface area contributed by atoms with E-state index in [0.29, 0.717) is 0 Å². The Bertz CT molecular complexity index is 224. The predicted molar refractivity (Wildman–Crippen MR) is 55.3 cm³/mol. The van der Waals surface area contributed by atoms with Gasteiger partial charge in [0.15, 0.2) is 0 Å². The van der Waals surface area contributed by atoms with Crippen LogP contribution in [0.1, 0.15) is 13.8 Å². The van der Waals surface area contributed by atoms with Crippen LogP contribution in [0.5, 0.6) is 0 Å². The summed E-state index contributed by atoms with van der Waals surface area (Å²) >= 11 is -0.207. The second-order valence-corrected chi connectivity index (χ2v) is 4.68. The number of carbonyl (C=O) groups excluding carboxylic acids is 1. The number of nitrogens with zero attached hydrogens (tertiary/aromatic N) is 1. The quantitative estimate of drug-likeness (QED) is 0.427. The number of alkyl halides is 1. The Morgan fingerprint density at radius 1 is 1.73 bits per heavy atom. The molecule has 0 spiro atoms. The molecule has 1 rings (SSSR count). The van der Waals surface area contributed by atoms with Gasteiger partial charge in [0.2, 0.25) is 5.91 Å². The fraction of sp³-hybridized carbons (Fsp3) is 0.571. The summed E-state index contributed by atoms with van der Waals surface area (Å²) in [5.41, 5.74) is 0. The first kappa shape index (κ1) is 8.83. The van der Waals surface area contributed by atoms with Crippen LogP contribution < -0.4 is 5.32 Å². The van der Waals surface area contributed by atoms with Gasteiger partial charge < -0.3 is 5.32 Å². The molecule has 11 heavy (non-hydrogen) atoms. The van der Waals surface area contributed by atoms with Crippen molar-refractivity contribution in [2.45, 2.75) is 17.9 Å². The molecule has 0 aromatic carbocycles. The lowest BCUT2D eigenvalue weighted by Gasteiger charge is -2.21. The van der Waals surface area contributed by atoms with Gasteiger partial charge in [-0.2, -0.15) is 0 Å². The first-order valence-corrected chi connectivity index (χ1v) is 6.14. The normalized spacial score (nSPS) is 31.1. The van der Waals surface area contributed by atoms with E-state index in [2.05, 4.69) is 14.8 Å². The molecule has 0 bridgehead atoms. The summed E-state index contributed by atoms with van der Waals surface area (Å²) in [5, 5.41) is 2.69. The number of aliphatic imine (C=N–C) groups is 1. The number of halogens is 1. The van der Waals surface area contributed by atoms with Crippen LogP contribution in [0.15, 0.2) is 4.99 Å². The van der Waals surface area contributed by atoms with Gasteiger partial charge in [-0.05, 0) is 6.92 Å². The van der Waals surface area contributed by atoms with Gasteiger partial charge in [0.25, 0.3) is 0 Å². The third-order valence-electron chi connectivity index (χ3n) is 1.61. The molecule has 0 fully saturated rings. The van der Waals surface area contributed by atoms with Crippen molar-refractivity contribution < 1.29 is 4.79 Å². The first-order valence-electron chi connectivity index (χ1n) is 3.37. The minimum absolute atomic E-state index is 0.0176. The van der Waals surface area contributed by atoms with Crippen molar-refractivity contribution in [3.8, 4) is 0 Å². The van der Waals surface area contributed by atoms with Crippen LogP contribution >= 0.6 is 20.7 Å². The van der Waals surface area contributed by atoms with Crippen LogP contribution in [0.2, 0.25) is 0 Å². The maximum absolute atomic E-state index is 11.2. The second-order valence-electron chi connectivity index (χ2n) is 2.52. The molecule has 0 radical (unpaired) electrons. The smallest absolute Gasteiger partial charge is 0.231 e. The van der Waals surface area contributed by atoms with Crippen LogP contribution in [-0.4, -0.2) is 20.3 Å². The molecule has 1 amide bonds. The number of hydrogen-bond acceptors (Lipinski definition) is 2. The topological polar surface area (TPSA) is 41.5 Å². The van der Waals surface area contributed by atoms with Crippen molar-refractivity contribution in [2.75, 3.05) is 0 Å². The summed E-state index contributed by atoms with van der Waals surface area (Å²) < 4.78 is 4.03. The highest BCUT2D eigenvalue weighted by atomic mass is 127. The largest absolute Gasteiger partial charge is 0.314 e. The molecule has 3 nitrogen and oxygen atoms in total. The number of amidine groups is 1. The Labute approximate surface area is 76.0 Å². The molecule has 0 aromatic rings. The van der Waals surface area contributed by atoms with E-state index in [1.807, 2.05) is 13.8 Å². The van der Waals surface area contributed by atoms with Crippen molar-refractivity contribution in [1.29, 1.82) is 0 Å². The van der Waals surface area contributed by atoms with E-state index in [4.69, 9.17) is 0 Å². The Hall–Kier alpha value is -0.260. The van der Waals surface area contributed by atoms with E-state index in [9.17, 15) is 4.79 Å². The minimum atomic E-state index is -0.207. The molecule has 2 atom stereocenters. The molecule has 0 saturated heterocycles. The monoisotopic (exact) mass is 266 g/mol. The number of hydrogen-bond donors (Lipinski definition) is 1. The van der Waals surface area contributed by atoms with Gasteiger partial charge in [0, 0.05) is 0 Å². The summed E-state index contributed by atoms with van der Waals surface area (Å²) in [6.45, 7) is 3.72. The van der Waals surface area contributed by atoms with Crippen LogP contribution in [0, 0.1) is 5.92 Å². The maximum atomic E-state index is 11.2. The van der Waals surface area contributed by atoms with Gasteiger partial charge in [-0.1, -0.05) is 11.4 Å². The summed E-state index contributed by atoms with van der Waals surface area (Å²) in [6, 6.07) is 0. The minimum Gasteiger partial charge on any atom is -0.314 e. The highest BCUT2D eigenvalue weighted by Gasteiger charge is 2.25. The van der Waals surface area contributed by atoms with Gasteiger partial charge in [-0.25, -0.2) is 0 Å². The maximum Gasteiger partial charge on any atom is 0.231 e. The summed E-state index contributed by atoms with van der Waals surface area (Å²) in [4.78, 5) is 15.5. The third-order valence-corrected chi connectivity index (χ3v) is 3.87. The summed E-state index contributed by atoms with van der Waals surface area (Å²) in [6.07, 6.45) is 0. The molecule has 4 heteroatoms. The first-order chi connectivity index (χ1) is 5.15. The third kappa shape index (κ3) is 1.85. The number of rotatable bonds is 1. The van der Waals surface area contributed by atoms with Crippen molar-refractivity contribution in [1.82, 2.24) is 5.32 Å². The zero-order chi connectivity index (χ0) is 8.43. The molecule has 62 valence electrons. The average molecular weight is 266 g/mol. The Morgan fingerprint density at radius 2 is 2.36 bits per heavy atom. The average Bonchev–Trinajstić information content (AvgIpc) is 1.96. The van der Waals surface area contributed by atoms with E-state index >= 15 is 0 Å². The molecule has 0 aliphatic carbocycles. The molecule has 1 heterocycles. The van der Waals surface area contributed by atoms with Gasteiger partial charge in [0.05, 0.1) is 5.92 Å². The molecule has 1 aliphatic rings. The van der Waals surface area contributed by atoms with Crippen LogP contribution in [0.4, 0.5) is 0 Å². The van der Waals surface area contributed by atoms with Gasteiger partial charge in [0.1, 0.15) is 9.88 Å². The number of carbonyl (C=O) groups is 1. The molecule has 1 N–H and O–H groups in total. The van der Waals surface area contributed by atoms with E-state index in [-0.39, 0.29) is 36.6 Å². The van der Waals surface area contributed by atoms with E-state index in [1.54, 1.807) is 0 Å². The molecular weight excluding hydrogens is 255 g/mol. The zero-order valence-electron chi connectivity index (χ0n) is 6.60. The Kier molecular flexibility index (Phi) is 2.75. The number of nitrogens with one attached hydrogen (secondary N) is 1. The van der Waals surface area contributed by atoms with Gasteiger partial charge in [-0.3, -0.25) is 9.79 Å². The van der Waals surface area contributed by atoms with Gasteiger partial charge >= 0.3 is 0 Å². The lowest BCUT2D eigenvalue weighted by molar-refractivity contribution is -0.123. The lowest BCUT2D eigenvalue weighted by Crippen LogP contribution is -2.41. The fourth-order valence-electron chi connectivity index (χ4n) is 0.914. The predicted octanol–water partition coefficient (Wildman–Crippen LogP) is 0.900. The van der Waals surface area contributed by atoms with Crippen molar-refractivity contribution in [3.63, 3.8) is 0 Å².